The summed E-state index contributed by atoms with van der Waals surface area (Å²) in [5.74, 6) is -2.68. The third-order valence-corrected chi connectivity index (χ3v) is 4.74. The largest absolute Gasteiger partial charge is 0.298 e. The highest BCUT2D eigenvalue weighted by molar-refractivity contribution is 7.14. The van der Waals surface area contributed by atoms with Gasteiger partial charge in [-0.3, -0.25) is 10.1 Å². The first-order chi connectivity index (χ1) is 12.6. The Bertz CT molecular complexity index is 1100. The Morgan fingerprint density at radius 1 is 0.923 bits per heavy atom. The molecule has 0 aliphatic carbocycles. The predicted molar refractivity (Wildman–Crippen MR) is 99.4 cm³/mol. The van der Waals surface area contributed by atoms with E-state index in [-0.39, 0.29) is 5.13 Å². The van der Waals surface area contributed by atoms with E-state index in [2.05, 4.69) is 10.3 Å². The lowest BCUT2D eigenvalue weighted by Crippen LogP contribution is -2.15. The van der Waals surface area contributed by atoms with Crippen LogP contribution in [0.3, 0.4) is 0 Å². The van der Waals surface area contributed by atoms with Crippen molar-refractivity contribution in [3.05, 3.63) is 83.2 Å². The number of nitrogens with zero attached hydrogens (tertiary/aromatic N) is 1. The van der Waals surface area contributed by atoms with Gasteiger partial charge in [-0.1, -0.05) is 48.5 Å². The number of thiazole rings is 1. The van der Waals surface area contributed by atoms with Gasteiger partial charge in [0.1, 0.15) is 17.2 Å². The maximum absolute atomic E-state index is 13.7. The van der Waals surface area contributed by atoms with Crippen LogP contribution < -0.4 is 5.32 Å². The molecule has 0 saturated carbocycles. The summed E-state index contributed by atoms with van der Waals surface area (Å²) in [5, 5.41) is 6.67. The van der Waals surface area contributed by atoms with Crippen LogP contribution >= 0.6 is 11.3 Å². The van der Waals surface area contributed by atoms with Crippen molar-refractivity contribution < 1.29 is 13.6 Å². The maximum Gasteiger partial charge on any atom is 0.263 e. The van der Waals surface area contributed by atoms with Crippen molar-refractivity contribution in [2.75, 3.05) is 5.32 Å². The van der Waals surface area contributed by atoms with Crippen molar-refractivity contribution in [1.82, 2.24) is 4.98 Å². The van der Waals surface area contributed by atoms with Gasteiger partial charge < -0.3 is 0 Å². The van der Waals surface area contributed by atoms with Crippen LogP contribution in [0.15, 0.2) is 66.0 Å². The van der Waals surface area contributed by atoms with Crippen LogP contribution in [-0.4, -0.2) is 10.9 Å². The highest BCUT2D eigenvalue weighted by Gasteiger charge is 2.18. The van der Waals surface area contributed by atoms with Gasteiger partial charge in [-0.25, -0.2) is 13.8 Å². The number of benzene rings is 3. The molecule has 0 saturated heterocycles. The highest BCUT2D eigenvalue weighted by Crippen LogP contribution is 2.31. The Balaban J connectivity index is 1.65. The van der Waals surface area contributed by atoms with Gasteiger partial charge in [-0.05, 0) is 22.9 Å². The van der Waals surface area contributed by atoms with Crippen LogP contribution in [0.1, 0.15) is 10.4 Å². The van der Waals surface area contributed by atoms with Crippen molar-refractivity contribution in [1.29, 1.82) is 0 Å². The molecule has 0 atom stereocenters. The number of hydrogen-bond donors (Lipinski definition) is 1. The summed E-state index contributed by atoms with van der Waals surface area (Å²) in [6.07, 6.45) is 0. The molecule has 0 aliphatic heterocycles. The van der Waals surface area contributed by atoms with E-state index >= 15 is 0 Å². The summed E-state index contributed by atoms with van der Waals surface area (Å²) in [7, 11) is 0. The Morgan fingerprint density at radius 3 is 2.42 bits per heavy atom. The first-order valence-electron chi connectivity index (χ1n) is 7.82. The average molecular weight is 366 g/mol. The number of halogens is 2. The van der Waals surface area contributed by atoms with E-state index in [1.165, 1.54) is 17.4 Å². The lowest BCUT2D eigenvalue weighted by Gasteiger charge is -2.05. The standard InChI is InChI=1S/C20H12F2N2OS/c21-15-9-4-10-16(22)18(15)19(25)24-20-23-17(11-26-20)14-8-3-6-12-5-1-2-7-13(12)14/h1-11H,(H,23,24,25). The number of carbonyl (C=O) groups excluding carboxylic acids is 1. The monoisotopic (exact) mass is 366 g/mol. The number of hydrogen-bond acceptors (Lipinski definition) is 3. The van der Waals surface area contributed by atoms with Crippen molar-refractivity contribution in [3.63, 3.8) is 0 Å². The van der Waals surface area contributed by atoms with Gasteiger partial charge in [0.05, 0.1) is 5.69 Å². The van der Waals surface area contributed by atoms with E-state index in [1.54, 1.807) is 5.38 Å². The molecule has 1 aromatic heterocycles. The molecule has 1 heterocycles. The Labute approximate surface area is 151 Å². The molecular formula is C20H12F2N2OS. The van der Waals surface area contributed by atoms with E-state index in [9.17, 15) is 13.6 Å². The third kappa shape index (κ3) is 2.95. The van der Waals surface area contributed by atoms with Crippen LogP contribution in [0, 0.1) is 11.6 Å². The molecule has 1 amide bonds. The summed E-state index contributed by atoms with van der Waals surface area (Å²) < 4.78 is 27.5. The minimum atomic E-state index is -0.909. The first kappa shape index (κ1) is 16.4. The predicted octanol–water partition coefficient (Wildman–Crippen LogP) is 5.49. The van der Waals surface area contributed by atoms with Gasteiger partial charge in [0.2, 0.25) is 0 Å². The summed E-state index contributed by atoms with van der Waals surface area (Å²) in [6, 6.07) is 17.1. The zero-order valence-electron chi connectivity index (χ0n) is 13.4. The van der Waals surface area contributed by atoms with Crippen LogP contribution in [-0.2, 0) is 0 Å². The summed E-state index contributed by atoms with van der Waals surface area (Å²) in [6.45, 7) is 0. The second-order valence-corrected chi connectivity index (χ2v) is 6.47. The van der Waals surface area contributed by atoms with Crippen molar-refractivity contribution in [3.8, 4) is 11.3 Å². The summed E-state index contributed by atoms with van der Waals surface area (Å²) in [5.41, 5.74) is 1.00. The van der Waals surface area contributed by atoms with Crippen LogP contribution in [0.2, 0.25) is 0 Å². The number of nitrogens with one attached hydrogen (secondary N) is 1. The summed E-state index contributed by atoms with van der Waals surface area (Å²) >= 11 is 1.20. The SMILES string of the molecule is O=C(Nc1nc(-c2cccc3ccccc23)cs1)c1c(F)cccc1F. The molecule has 26 heavy (non-hydrogen) atoms. The fraction of sp³-hybridized carbons (Fsp3) is 0. The number of carbonyl (C=O) groups is 1. The molecule has 3 nitrogen and oxygen atoms in total. The topological polar surface area (TPSA) is 42.0 Å². The normalized spacial score (nSPS) is 10.8. The molecule has 1 N–H and O–H groups in total. The van der Waals surface area contributed by atoms with Gasteiger partial charge in [-0.2, -0.15) is 0 Å². The van der Waals surface area contributed by atoms with Gasteiger partial charge >= 0.3 is 0 Å². The molecule has 4 rings (SSSR count). The molecule has 0 unspecified atom stereocenters. The molecule has 128 valence electrons. The van der Waals surface area contributed by atoms with E-state index < -0.39 is 23.1 Å². The molecular weight excluding hydrogens is 354 g/mol. The fourth-order valence-corrected chi connectivity index (χ4v) is 3.48. The molecule has 0 fully saturated rings. The van der Waals surface area contributed by atoms with Gasteiger partial charge in [0, 0.05) is 10.9 Å². The number of amides is 1. The minimum absolute atomic E-state index is 0.278. The number of rotatable bonds is 3. The minimum Gasteiger partial charge on any atom is -0.298 e. The van der Waals surface area contributed by atoms with Crippen LogP contribution in [0.4, 0.5) is 13.9 Å². The van der Waals surface area contributed by atoms with Crippen molar-refractivity contribution in [2.24, 2.45) is 0 Å². The maximum atomic E-state index is 13.7. The van der Waals surface area contributed by atoms with E-state index in [0.29, 0.717) is 5.69 Å². The second kappa shape index (κ2) is 6.65. The zero-order valence-corrected chi connectivity index (χ0v) is 14.2. The third-order valence-electron chi connectivity index (χ3n) is 3.98. The first-order valence-corrected chi connectivity index (χ1v) is 8.70. The lowest BCUT2D eigenvalue weighted by molar-refractivity contribution is 0.101. The van der Waals surface area contributed by atoms with Gasteiger partial charge in [0.25, 0.3) is 5.91 Å². The Kier molecular flexibility index (Phi) is 4.18. The van der Waals surface area contributed by atoms with E-state index in [1.807, 2.05) is 42.5 Å². The number of aromatic nitrogens is 1. The van der Waals surface area contributed by atoms with Crippen LogP contribution in [0.25, 0.3) is 22.0 Å². The van der Waals surface area contributed by atoms with E-state index in [0.717, 1.165) is 28.5 Å². The number of anilines is 1. The van der Waals surface area contributed by atoms with Crippen molar-refractivity contribution >= 4 is 33.1 Å². The lowest BCUT2D eigenvalue weighted by atomic mass is 10.0. The second-order valence-electron chi connectivity index (χ2n) is 5.62. The molecule has 0 aliphatic rings. The molecule has 0 spiro atoms. The van der Waals surface area contributed by atoms with E-state index in [4.69, 9.17) is 0 Å². The average Bonchev–Trinajstić information content (AvgIpc) is 3.09. The molecule has 4 aromatic rings. The van der Waals surface area contributed by atoms with Crippen molar-refractivity contribution in [2.45, 2.75) is 0 Å². The fourth-order valence-electron chi connectivity index (χ4n) is 2.78. The molecule has 3 aromatic carbocycles. The van der Waals surface area contributed by atoms with Crippen LogP contribution in [0.5, 0.6) is 0 Å². The molecule has 0 radical (unpaired) electrons. The summed E-state index contributed by atoms with van der Waals surface area (Å²) in [4.78, 5) is 16.6. The quantitative estimate of drug-likeness (QED) is 0.521. The molecule has 6 heteroatoms. The smallest absolute Gasteiger partial charge is 0.263 e. The van der Waals surface area contributed by atoms with Gasteiger partial charge in [0.15, 0.2) is 5.13 Å². The molecule has 0 bridgehead atoms. The number of fused-ring (bicyclic) bond motifs is 1. The Morgan fingerprint density at radius 2 is 1.62 bits per heavy atom. The Hall–Kier alpha value is -3.12. The van der Waals surface area contributed by atoms with Gasteiger partial charge in [-0.15, -0.1) is 11.3 Å². The zero-order chi connectivity index (χ0) is 18.1. The highest BCUT2D eigenvalue weighted by atomic mass is 32.1.